The second kappa shape index (κ2) is 11.2. The number of halogens is 4. The number of aromatic nitrogens is 3. The van der Waals surface area contributed by atoms with Crippen LogP contribution < -0.4 is 15.8 Å². The number of anilines is 1. The second-order valence-corrected chi connectivity index (χ2v) is 6.16. The normalized spacial score (nSPS) is 10.3. The molecule has 0 saturated carbocycles. The number of nitrogens with zero attached hydrogens (tertiary/aromatic N) is 3. The molecule has 0 fully saturated rings. The summed E-state index contributed by atoms with van der Waals surface area (Å²) in [6.07, 6.45) is 4.04. The van der Waals surface area contributed by atoms with Crippen LogP contribution in [0.25, 0.3) is 11.3 Å². The van der Waals surface area contributed by atoms with Crippen molar-refractivity contribution in [2.75, 3.05) is 18.5 Å². The fraction of sp³-hybridized carbons (Fsp3) is 0.200. The Morgan fingerprint density at radius 3 is 2.52 bits per heavy atom. The lowest BCUT2D eigenvalue weighted by Crippen LogP contribution is -2.16. The molecule has 164 valence electrons. The SMILES string of the molecule is Cl.NCCCCOc1ncncc1NC(=O)c1ccc(F)c(-c2c(F)cccc2F)n1. The zero-order valence-corrected chi connectivity index (χ0v) is 17.0. The number of hydrogen-bond acceptors (Lipinski definition) is 6. The molecule has 3 N–H and O–H groups in total. The van der Waals surface area contributed by atoms with Gasteiger partial charge in [-0.25, -0.2) is 23.1 Å². The molecule has 7 nitrogen and oxygen atoms in total. The van der Waals surface area contributed by atoms with Gasteiger partial charge in [0.15, 0.2) is 0 Å². The van der Waals surface area contributed by atoms with E-state index >= 15 is 0 Å². The van der Waals surface area contributed by atoms with Crippen LogP contribution in [0.3, 0.4) is 0 Å². The monoisotopic (exact) mass is 453 g/mol. The Labute approximate surface area is 182 Å². The minimum atomic E-state index is -0.997. The summed E-state index contributed by atoms with van der Waals surface area (Å²) >= 11 is 0. The smallest absolute Gasteiger partial charge is 0.274 e. The Morgan fingerprint density at radius 1 is 1.06 bits per heavy atom. The van der Waals surface area contributed by atoms with Gasteiger partial charge in [0.05, 0.1) is 18.4 Å². The molecule has 3 aromatic rings. The lowest BCUT2D eigenvalue weighted by Gasteiger charge is -2.11. The first-order valence-electron chi connectivity index (χ1n) is 9.06. The number of benzene rings is 1. The van der Waals surface area contributed by atoms with Gasteiger partial charge in [-0.2, -0.15) is 4.98 Å². The maximum absolute atomic E-state index is 14.2. The topological polar surface area (TPSA) is 103 Å². The van der Waals surface area contributed by atoms with Crippen LogP contribution >= 0.6 is 12.4 Å². The van der Waals surface area contributed by atoms with Gasteiger partial charge in [0.25, 0.3) is 5.91 Å². The van der Waals surface area contributed by atoms with Crippen molar-refractivity contribution in [3.05, 3.63) is 66.0 Å². The number of nitrogens with two attached hydrogens (primary N) is 1. The van der Waals surface area contributed by atoms with E-state index in [-0.39, 0.29) is 29.7 Å². The van der Waals surface area contributed by atoms with Gasteiger partial charge in [0.1, 0.15) is 40.9 Å². The molecule has 0 aliphatic rings. The number of amides is 1. The lowest BCUT2D eigenvalue weighted by atomic mass is 10.1. The molecule has 0 unspecified atom stereocenters. The van der Waals surface area contributed by atoms with E-state index in [1.54, 1.807) is 0 Å². The maximum Gasteiger partial charge on any atom is 0.274 e. The van der Waals surface area contributed by atoms with E-state index in [9.17, 15) is 18.0 Å². The molecule has 0 atom stereocenters. The number of carbonyl (C=O) groups excluding carboxylic acids is 1. The van der Waals surface area contributed by atoms with Gasteiger partial charge in [-0.1, -0.05) is 6.07 Å². The molecule has 2 aromatic heterocycles. The molecular formula is C20H19ClF3N5O2. The average Bonchev–Trinajstić information content (AvgIpc) is 2.73. The van der Waals surface area contributed by atoms with E-state index in [1.165, 1.54) is 12.5 Å². The van der Waals surface area contributed by atoms with Gasteiger partial charge in [-0.3, -0.25) is 4.79 Å². The zero-order chi connectivity index (χ0) is 21.5. The number of unbranched alkanes of at least 4 members (excludes halogenated alkanes) is 1. The van der Waals surface area contributed by atoms with Gasteiger partial charge in [0.2, 0.25) is 5.88 Å². The van der Waals surface area contributed by atoms with Gasteiger partial charge >= 0.3 is 0 Å². The van der Waals surface area contributed by atoms with Gasteiger partial charge < -0.3 is 15.8 Å². The molecule has 1 amide bonds. The fourth-order valence-electron chi connectivity index (χ4n) is 2.59. The number of ether oxygens (including phenoxy) is 1. The Morgan fingerprint density at radius 2 is 1.81 bits per heavy atom. The van der Waals surface area contributed by atoms with Crippen LogP contribution in [0.4, 0.5) is 18.9 Å². The van der Waals surface area contributed by atoms with Crippen molar-refractivity contribution in [1.29, 1.82) is 0 Å². The predicted octanol–water partition coefficient (Wildman–Crippen LogP) is 3.75. The standard InChI is InChI=1S/C20H18F3N5O2.ClH/c21-12-4-3-5-13(22)17(12)18-14(23)6-7-15(27-18)19(29)28-16-10-25-11-26-20(16)30-9-2-1-8-24;/h3-7,10-11H,1-2,8-9,24H2,(H,28,29);1H. The van der Waals surface area contributed by atoms with E-state index in [1.807, 2.05) is 0 Å². The first-order chi connectivity index (χ1) is 14.5. The van der Waals surface area contributed by atoms with Gasteiger partial charge in [0, 0.05) is 0 Å². The van der Waals surface area contributed by atoms with Crippen LogP contribution in [-0.2, 0) is 0 Å². The van der Waals surface area contributed by atoms with Crippen molar-refractivity contribution in [3.8, 4) is 17.1 Å². The molecule has 31 heavy (non-hydrogen) atoms. The molecule has 0 bridgehead atoms. The first-order valence-corrected chi connectivity index (χ1v) is 9.06. The Balaban J connectivity index is 0.00000341. The number of rotatable bonds is 8. The van der Waals surface area contributed by atoms with Crippen LogP contribution in [0.5, 0.6) is 5.88 Å². The van der Waals surface area contributed by atoms with Gasteiger partial charge in [-0.15, -0.1) is 12.4 Å². The van der Waals surface area contributed by atoms with Crippen molar-refractivity contribution < 1.29 is 22.7 Å². The summed E-state index contributed by atoms with van der Waals surface area (Å²) in [5.41, 5.74) is 4.08. The highest BCUT2D eigenvalue weighted by Crippen LogP contribution is 2.27. The zero-order valence-electron chi connectivity index (χ0n) is 16.1. The van der Waals surface area contributed by atoms with E-state index in [4.69, 9.17) is 10.5 Å². The van der Waals surface area contributed by atoms with Crippen LogP contribution in [-0.4, -0.2) is 34.0 Å². The molecule has 0 spiro atoms. The summed E-state index contributed by atoms with van der Waals surface area (Å²) in [5, 5.41) is 2.51. The molecule has 0 aliphatic heterocycles. The highest BCUT2D eigenvalue weighted by atomic mass is 35.5. The summed E-state index contributed by atoms with van der Waals surface area (Å²) in [6.45, 7) is 0.862. The van der Waals surface area contributed by atoms with Crippen LogP contribution in [0.15, 0.2) is 42.9 Å². The number of hydrogen-bond donors (Lipinski definition) is 2. The van der Waals surface area contributed by atoms with E-state index in [2.05, 4.69) is 20.3 Å². The summed E-state index contributed by atoms with van der Waals surface area (Å²) in [4.78, 5) is 24.2. The third-order valence-electron chi connectivity index (χ3n) is 4.04. The van der Waals surface area contributed by atoms with Crippen LogP contribution in [0.2, 0.25) is 0 Å². The van der Waals surface area contributed by atoms with Crippen molar-refractivity contribution in [2.24, 2.45) is 5.73 Å². The predicted molar refractivity (Wildman–Crippen MR) is 111 cm³/mol. The fourth-order valence-corrected chi connectivity index (χ4v) is 2.59. The van der Waals surface area contributed by atoms with Crippen molar-refractivity contribution in [3.63, 3.8) is 0 Å². The summed E-state index contributed by atoms with van der Waals surface area (Å²) in [6, 6.07) is 5.10. The highest BCUT2D eigenvalue weighted by molar-refractivity contribution is 6.03. The minimum absolute atomic E-state index is 0. The first kappa shape index (κ1) is 24.0. The summed E-state index contributed by atoms with van der Waals surface area (Å²) in [5.74, 6) is -3.58. The number of nitrogens with one attached hydrogen (secondary N) is 1. The van der Waals surface area contributed by atoms with E-state index < -0.39 is 34.6 Å². The van der Waals surface area contributed by atoms with Crippen molar-refractivity contribution in [2.45, 2.75) is 12.8 Å². The molecule has 0 radical (unpaired) electrons. The summed E-state index contributed by atoms with van der Waals surface area (Å²) in [7, 11) is 0. The van der Waals surface area contributed by atoms with E-state index in [0.29, 0.717) is 19.6 Å². The number of carbonyl (C=O) groups is 1. The second-order valence-electron chi connectivity index (χ2n) is 6.16. The third-order valence-corrected chi connectivity index (χ3v) is 4.04. The van der Waals surface area contributed by atoms with E-state index in [0.717, 1.165) is 36.8 Å². The minimum Gasteiger partial charge on any atom is -0.476 e. The molecule has 1 aromatic carbocycles. The Bertz CT molecular complexity index is 1030. The van der Waals surface area contributed by atoms with Crippen molar-refractivity contribution >= 4 is 24.0 Å². The molecule has 0 saturated heterocycles. The maximum atomic E-state index is 14.2. The lowest BCUT2D eigenvalue weighted by molar-refractivity contribution is 0.102. The van der Waals surface area contributed by atoms with Crippen LogP contribution in [0.1, 0.15) is 23.3 Å². The van der Waals surface area contributed by atoms with Crippen molar-refractivity contribution in [1.82, 2.24) is 15.0 Å². The summed E-state index contributed by atoms with van der Waals surface area (Å²) < 4.78 is 47.8. The molecular weight excluding hydrogens is 435 g/mol. The molecule has 0 aliphatic carbocycles. The highest BCUT2D eigenvalue weighted by Gasteiger charge is 2.20. The molecule has 3 rings (SSSR count). The number of pyridine rings is 1. The molecule has 2 heterocycles. The molecule has 11 heteroatoms. The quantitative estimate of drug-likeness (QED) is 0.503. The van der Waals surface area contributed by atoms with Gasteiger partial charge in [-0.05, 0) is 43.7 Å². The Kier molecular flexibility index (Phi) is 8.71. The third kappa shape index (κ3) is 5.89. The largest absolute Gasteiger partial charge is 0.476 e. The average molecular weight is 454 g/mol. The van der Waals surface area contributed by atoms with Crippen LogP contribution in [0, 0.1) is 17.5 Å². The Hall–Kier alpha value is -3.24.